The van der Waals surface area contributed by atoms with E-state index in [0.717, 1.165) is 26.2 Å². The van der Waals surface area contributed by atoms with Crippen LogP contribution in [0.5, 0.6) is 0 Å². The number of hydrogen-bond acceptors (Lipinski definition) is 3. The molecule has 1 aliphatic heterocycles. The zero-order valence-corrected chi connectivity index (χ0v) is 12.6. The molecule has 0 radical (unpaired) electrons. The van der Waals surface area contributed by atoms with E-state index in [1.807, 2.05) is 26.8 Å². The molecular weight excluding hydrogens is 250 g/mol. The summed E-state index contributed by atoms with van der Waals surface area (Å²) in [6.07, 6.45) is 0. The Morgan fingerprint density at radius 2 is 2.05 bits per heavy atom. The Morgan fingerprint density at radius 1 is 1.35 bits per heavy atom. The Kier molecular flexibility index (Phi) is 4.78. The van der Waals surface area contributed by atoms with Gasteiger partial charge in [-0.15, -0.1) is 0 Å². The van der Waals surface area contributed by atoms with Gasteiger partial charge in [0.2, 0.25) is 5.91 Å². The summed E-state index contributed by atoms with van der Waals surface area (Å²) in [4.78, 5) is 14.5. The maximum Gasteiger partial charge on any atom is 0.238 e. The van der Waals surface area contributed by atoms with E-state index in [4.69, 9.17) is 0 Å². The highest BCUT2D eigenvalue weighted by atomic mass is 16.2. The third kappa shape index (κ3) is 4.62. The van der Waals surface area contributed by atoms with Gasteiger partial charge in [-0.25, -0.2) is 0 Å². The largest absolute Gasteiger partial charge is 0.350 e. The molecule has 2 rings (SSSR count). The highest BCUT2D eigenvalue weighted by Gasteiger charge is 2.27. The molecule has 2 N–H and O–H groups in total. The van der Waals surface area contributed by atoms with Gasteiger partial charge in [-0.1, -0.05) is 30.3 Å². The standard InChI is InChI=1S/C16H25N3O/c1-16(2,3)18-15(20)14-12-19(10-9-17-14)11-13-7-5-4-6-8-13/h4-8,14,17H,9-12H2,1-3H3,(H,18,20)/t14-/m1/s1. The van der Waals surface area contributed by atoms with Crippen molar-refractivity contribution in [2.45, 2.75) is 38.9 Å². The minimum atomic E-state index is -0.180. The Bertz CT molecular complexity index is 439. The van der Waals surface area contributed by atoms with Crippen molar-refractivity contribution in [3.63, 3.8) is 0 Å². The van der Waals surface area contributed by atoms with Crippen LogP contribution in [0.1, 0.15) is 26.3 Å². The van der Waals surface area contributed by atoms with E-state index >= 15 is 0 Å². The predicted octanol–water partition coefficient (Wildman–Crippen LogP) is 1.38. The molecule has 4 heteroatoms. The van der Waals surface area contributed by atoms with Gasteiger partial charge in [0, 0.05) is 31.7 Å². The summed E-state index contributed by atoms with van der Waals surface area (Å²) >= 11 is 0. The molecule has 1 saturated heterocycles. The third-order valence-corrected chi connectivity index (χ3v) is 3.32. The van der Waals surface area contributed by atoms with Gasteiger partial charge in [0.1, 0.15) is 0 Å². The summed E-state index contributed by atoms with van der Waals surface area (Å²) < 4.78 is 0. The Balaban J connectivity index is 1.90. The summed E-state index contributed by atoms with van der Waals surface area (Å²) in [5, 5.41) is 6.35. The number of amides is 1. The first-order valence-corrected chi connectivity index (χ1v) is 7.26. The van der Waals surface area contributed by atoms with Crippen molar-refractivity contribution in [1.29, 1.82) is 0 Å². The van der Waals surface area contributed by atoms with E-state index in [9.17, 15) is 4.79 Å². The fourth-order valence-corrected chi connectivity index (χ4v) is 2.43. The first-order valence-electron chi connectivity index (χ1n) is 7.26. The van der Waals surface area contributed by atoms with Gasteiger partial charge in [-0.05, 0) is 26.3 Å². The van der Waals surface area contributed by atoms with Crippen molar-refractivity contribution < 1.29 is 4.79 Å². The smallest absolute Gasteiger partial charge is 0.238 e. The summed E-state index contributed by atoms with van der Waals surface area (Å²) in [5.74, 6) is 0.0928. The average Bonchev–Trinajstić information content (AvgIpc) is 2.38. The molecule has 1 aromatic carbocycles. The Labute approximate surface area is 121 Å². The zero-order valence-electron chi connectivity index (χ0n) is 12.6. The first-order chi connectivity index (χ1) is 9.44. The number of carbonyl (C=O) groups excluding carboxylic acids is 1. The predicted molar refractivity (Wildman–Crippen MR) is 81.4 cm³/mol. The van der Waals surface area contributed by atoms with Crippen LogP contribution in [0, 0.1) is 0 Å². The van der Waals surface area contributed by atoms with E-state index in [1.165, 1.54) is 5.56 Å². The molecule has 1 amide bonds. The van der Waals surface area contributed by atoms with Gasteiger partial charge in [-0.3, -0.25) is 9.69 Å². The maximum atomic E-state index is 12.2. The minimum absolute atomic E-state index is 0.0928. The molecule has 1 aliphatic rings. The maximum absolute atomic E-state index is 12.2. The van der Waals surface area contributed by atoms with Crippen molar-refractivity contribution in [3.05, 3.63) is 35.9 Å². The minimum Gasteiger partial charge on any atom is -0.350 e. The molecule has 20 heavy (non-hydrogen) atoms. The molecule has 0 spiro atoms. The van der Waals surface area contributed by atoms with Crippen molar-refractivity contribution >= 4 is 5.91 Å². The molecule has 0 saturated carbocycles. The Hall–Kier alpha value is -1.39. The molecule has 0 aliphatic carbocycles. The van der Waals surface area contributed by atoms with Crippen LogP contribution >= 0.6 is 0 Å². The van der Waals surface area contributed by atoms with Crippen molar-refractivity contribution in [2.75, 3.05) is 19.6 Å². The van der Waals surface area contributed by atoms with Crippen LogP contribution in [0.15, 0.2) is 30.3 Å². The van der Waals surface area contributed by atoms with E-state index in [2.05, 4.69) is 39.8 Å². The topological polar surface area (TPSA) is 44.4 Å². The molecule has 1 heterocycles. The summed E-state index contributed by atoms with van der Waals surface area (Å²) in [5.41, 5.74) is 1.12. The van der Waals surface area contributed by atoms with E-state index < -0.39 is 0 Å². The van der Waals surface area contributed by atoms with Gasteiger partial charge in [0.15, 0.2) is 0 Å². The van der Waals surface area contributed by atoms with E-state index in [1.54, 1.807) is 0 Å². The Morgan fingerprint density at radius 3 is 2.70 bits per heavy atom. The molecular formula is C16H25N3O. The summed E-state index contributed by atoms with van der Waals surface area (Å²) in [7, 11) is 0. The van der Waals surface area contributed by atoms with Crippen LogP contribution < -0.4 is 10.6 Å². The van der Waals surface area contributed by atoms with E-state index in [-0.39, 0.29) is 17.5 Å². The fraction of sp³-hybridized carbons (Fsp3) is 0.562. The second kappa shape index (κ2) is 6.37. The lowest BCUT2D eigenvalue weighted by Crippen LogP contribution is -2.59. The molecule has 4 nitrogen and oxygen atoms in total. The van der Waals surface area contributed by atoms with Gasteiger partial charge in [-0.2, -0.15) is 0 Å². The van der Waals surface area contributed by atoms with Crippen LogP contribution in [-0.4, -0.2) is 42.0 Å². The molecule has 1 fully saturated rings. The molecule has 1 aromatic rings. The van der Waals surface area contributed by atoms with Crippen molar-refractivity contribution in [2.24, 2.45) is 0 Å². The zero-order chi connectivity index (χ0) is 14.6. The number of piperazine rings is 1. The molecule has 0 unspecified atom stereocenters. The number of benzene rings is 1. The normalized spacial score (nSPS) is 20.6. The van der Waals surface area contributed by atoms with Crippen LogP contribution in [0.3, 0.4) is 0 Å². The van der Waals surface area contributed by atoms with E-state index in [0.29, 0.717) is 0 Å². The monoisotopic (exact) mass is 275 g/mol. The lowest BCUT2D eigenvalue weighted by molar-refractivity contribution is -0.125. The SMILES string of the molecule is CC(C)(C)NC(=O)[C@H]1CN(Cc2ccccc2)CCN1. The van der Waals surface area contributed by atoms with Crippen LogP contribution in [0.4, 0.5) is 0 Å². The number of rotatable bonds is 3. The van der Waals surface area contributed by atoms with Crippen LogP contribution in [-0.2, 0) is 11.3 Å². The van der Waals surface area contributed by atoms with Crippen LogP contribution in [0.25, 0.3) is 0 Å². The molecule has 0 aromatic heterocycles. The number of hydrogen-bond donors (Lipinski definition) is 2. The molecule has 1 atom stereocenters. The molecule has 110 valence electrons. The third-order valence-electron chi connectivity index (χ3n) is 3.32. The summed E-state index contributed by atoms with van der Waals surface area (Å²) in [6.45, 7) is 9.53. The second-order valence-corrected chi connectivity index (χ2v) is 6.47. The van der Waals surface area contributed by atoms with Crippen molar-refractivity contribution in [3.8, 4) is 0 Å². The number of nitrogens with one attached hydrogen (secondary N) is 2. The highest BCUT2D eigenvalue weighted by Crippen LogP contribution is 2.08. The number of carbonyl (C=O) groups is 1. The lowest BCUT2D eigenvalue weighted by atomic mass is 10.1. The quantitative estimate of drug-likeness (QED) is 0.876. The average molecular weight is 275 g/mol. The van der Waals surface area contributed by atoms with Gasteiger partial charge in [0.05, 0.1) is 6.04 Å². The first kappa shape index (κ1) is 15.0. The molecule has 0 bridgehead atoms. The summed E-state index contributed by atoms with van der Waals surface area (Å²) in [6, 6.07) is 10.3. The van der Waals surface area contributed by atoms with Gasteiger partial charge in [0.25, 0.3) is 0 Å². The van der Waals surface area contributed by atoms with Gasteiger partial charge < -0.3 is 10.6 Å². The number of nitrogens with zero attached hydrogens (tertiary/aromatic N) is 1. The van der Waals surface area contributed by atoms with Crippen LogP contribution in [0.2, 0.25) is 0 Å². The second-order valence-electron chi connectivity index (χ2n) is 6.47. The van der Waals surface area contributed by atoms with Gasteiger partial charge >= 0.3 is 0 Å². The highest BCUT2D eigenvalue weighted by molar-refractivity contribution is 5.82. The fourth-order valence-electron chi connectivity index (χ4n) is 2.43. The van der Waals surface area contributed by atoms with Crippen molar-refractivity contribution in [1.82, 2.24) is 15.5 Å². The lowest BCUT2D eigenvalue weighted by Gasteiger charge is -2.34.